The van der Waals surface area contributed by atoms with Gasteiger partial charge in [-0.3, -0.25) is 4.79 Å². The molecule has 122 valence electrons. The standard InChI is InChI=1S/C18H15Cl2N3O/c1-3-22-11-23(17-7-5-4-6-16(17)22)12(2)18(24)21-15-9-8-13(19)10-14(15)20/h3-12H,1H2,2H3/p+1/t12-/m1/s1. The first-order valence-corrected chi connectivity index (χ1v) is 8.16. The number of imidazole rings is 1. The molecule has 3 rings (SSSR count). The summed E-state index contributed by atoms with van der Waals surface area (Å²) in [6.45, 7) is 5.64. The summed E-state index contributed by atoms with van der Waals surface area (Å²) in [7, 11) is 0. The van der Waals surface area contributed by atoms with Gasteiger partial charge in [-0.05, 0) is 37.3 Å². The van der Waals surface area contributed by atoms with Gasteiger partial charge in [-0.2, -0.15) is 0 Å². The Morgan fingerprint density at radius 2 is 2.04 bits per heavy atom. The topological polar surface area (TPSA) is 37.9 Å². The number of carbonyl (C=O) groups is 1. The largest absolute Gasteiger partial charge is 0.321 e. The number of anilines is 1. The summed E-state index contributed by atoms with van der Waals surface area (Å²) in [4.78, 5) is 12.6. The van der Waals surface area contributed by atoms with Crippen LogP contribution in [-0.2, 0) is 4.79 Å². The second-order valence-corrected chi connectivity index (χ2v) is 6.23. The fraction of sp³-hybridized carbons (Fsp3) is 0.111. The molecule has 1 N–H and O–H groups in total. The minimum Gasteiger partial charge on any atom is -0.321 e. The van der Waals surface area contributed by atoms with Gasteiger partial charge in [0.1, 0.15) is 0 Å². The van der Waals surface area contributed by atoms with Crippen molar-refractivity contribution in [2.24, 2.45) is 0 Å². The first-order chi connectivity index (χ1) is 11.5. The van der Waals surface area contributed by atoms with Crippen LogP contribution in [-0.4, -0.2) is 10.5 Å². The molecule has 0 aliphatic carbocycles. The van der Waals surface area contributed by atoms with Crippen molar-refractivity contribution < 1.29 is 9.36 Å². The van der Waals surface area contributed by atoms with Gasteiger partial charge in [0.2, 0.25) is 6.33 Å². The second kappa shape index (κ2) is 6.67. The summed E-state index contributed by atoms with van der Waals surface area (Å²) >= 11 is 12.0. The van der Waals surface area contributed by atoms with E-state index in [9.17, 15) is 4.79 Å². The number of nitrogens with zero attached hydrogens (tertiary/aromatic N) is 2. The van der Waals surface area contributed by atoms with Crippen molar-refractivity contribution in [2.75, 3.05) is 5.32 Å². The number of hydrogen-bond acceptors (Lipinski definition) is 1. The van der Waals surface area contributed by atoms with Crippen LogP contribution >= 0.6 is 23.2 Å². The molecule has 0 aliphatic heterocycles. The van der Waals surface area contributed by atoms with Crippen LogP contribution in [0.5, 0.6) is 0 Å². The lowest BCUT2D eigenvalue weighted by atomic mass is 10.2. The lowest BCUT2D eigenvalue weighted by molar-refractivity contribution is -0.680. The van der Waals surface area contributed by atoms with Crippen LogP contribution in [0.4, 0.5) is 5.69 Å². The van der Waals surface area contributed by atoms with Crippen molar-refractivity contribution in [1.82, 2.24) is 4.57 Å². The highest BCUT2D eigenvalue weighted by atomic mass is 35.5. The van der Waals surface area contributed by atoms with Crippen molar-refractivity contribution in [2.45, 2.75) is 13.0 Å². The zero-order valence-corrected chi connectivity index (χ0v) is 14.6. The highest BCUT2D eigenvalue weighted by molar-refractivity contribution is 6.36. The average molecular weight is 361 g/mol. The Bertz CT molecular complexity index is 933. The van der Waals surface area contributed by atoms with E-state index in [0.717, 1.165) is 11.0 Å². The predicted octanol–water partition coefficient (Wildman–Crippen LogP) is 4.54. The third-order valence-corrected chi connectivity index (χ3v) is 4.42. The minimum atomic E-state index is -0.428. The molecule has 0 fully saturated rings. The van der Waals surface area contributed by atoms with Crippen LogP contribution in [0.15, 0.2) is 55.4 Å². The monoisotopic (exact) mass is 360 g/mol. The lowest BCUT2D eigenvalue weighted by Crippen LogP contribution is -2.43. The number of amides is 1. The summed E-state index contributed by atoms with van der Waals surface area (Å²) in [5, 5.41) is 3.77. The van der Waals surface area contributed by atoms with Gasteiger partial charge in [-0.15, -0.1) is 0 Å². The molecule has 0 radical (unpaired) electrons. The molecular weight excluding hydrogens is 345 g/mol. The zero-order chi connectivity index (χ0) is 17.3. The summed E-state index contributed by atoms with van der Waals surface area (Å²) in [5.74, 6) is -0.170. The fourth-order valence-corrected chi connectivity index (χ4v) is 3.02. The zero-order valence-electron chi connectivity index (χ0n) is 13.0. The Kier molecular flexibility index (Phi) is 4.60. The van der Waals surface area contributed by atoms with Gasteiger partial charge in [-0.1, -0.05) is 41.9 Å². The Morgan fingerprint density at radius 3 is 2.75 bits per heavy atom. The summed E-state index contributed by atoms with van der Waals surface area (Å²) < 4.78 is 3.78. The minimum absolute atomic E-state index is 0.170. The summed E-state index contributed by atoms with van der Waals surface area (Å²) in [6.07, 6.45) is 3.56. The first kappa shape index (κ1) is 16.6. The number of para-hydroxylation sites is 2. The Balaban J connectivity index is 1.92. The van der Waals surface area contributed by atoms with Crippen LogP contribution in [0.3, 0.4) is 0 Å². The van der Waals surface area contributed by atoms with Gasteiger partial charge in [0.25, 0.3) is 5.91 Å². The SMILES string of the molecule is C=Cn1c[n+]([C@H](C)C(=O)Nc2ccc(Cl)cc2Cl)c2ccccc21. The number of fused-ring (bicyclic) bond motifs is 1. The number of rotatable bonds is 4. The average Bonchev–Trinajstić information content (AvgIpc) is 2.95. The van der Waals surface area contributed by atoms with E-state index in [1.807, 2.05) is 46.7 Å². The molecule has 24 heavy (non-hydrogen) atoms. The van der Waals surface area contributed by atoms with Gasteiger partial charge in [0.15, 0.2) is 17.1 Å². The molecule has 3 aromatic rings. The molecule has 6 heteroatoms. The maximum Gasteiger partial charge on any atom is 0.269 e. The number of aromatic nitrogens is 2. The number of carbonyl (C=O) groups excluding carboxylic acids is 1. The quantitative estimate of drug-likeness (QED) is 0.681. The summed E-state index contributed by atoms with van der Waals surface area (Å²) in [5.41, 5.74) is 2.46. The van der Waals surface area contributed by atoms with Crippen LogP contribution in [0.25, 0.3) is 17.2 Å². The maximum atomic E-state index is 12.6. The molecule has 0 aliphatic rings. The molecule has 0 saturated heterocycles. The predicted molar refractivity (Wildman–Crippen MR) is 98.3 cm³/mol. The molecule has 4 nitrogen and oxygen atoms in total. The van der Waals surface area contributed by atoms with Gasteiger partial charge < -0.3 is 5.32 Å². The van der Waals surface area contributed by atoms with Crippen LogP contribution in [0, 0.1) is 0 Å². The van der Waals surface area contributed by atoms with E-state index in [-0.39, 0.29) is 5.91 Å². The maximum absolute atomic E-state index is 12.6. The third kappa shape index (κ3) is 3.03. The molecule has 2 aromatic carbocycles. The van der Waals surface area contributed by atoms with Crippen molar-refractivity contribution in [1.29, 1.82) is 0 Å². The molecule has 1 amide bonds. The van der Waals surface area contributed by atoms with E-state index in [4.69, 9.17) is 23.2 Å². The van der Waals surface area contributed by atoms with Crippen molar-refractivity contribution in [3.63, 3.8) is 0 Å². The second-order valence-electron chi connectivity index (χ2n) is 5.39. The summed E-state index contributed by atoms with van der Waals surface area (Å²) in [6, 6.07) is 12.4. The van der Waals surface area contributed by atoms with Gasteiger partial charge in [0, 0.05) is 5.02 Å². The van der Waals surface area contributed by atoms with E-state index in [1.165, 1.54) is 0 Å². The highest BCUT2D eigenvalue weighted by Crippen LogP contribution is 2.26. The highest BCUT2D eigenvalue weighted by Gasteiger charge is 2.25. The van der Waals surface area contributed by atoms with Crippen LogP contribution < -0.4 is 9.88 Å². The Labute approximate surface area is 149 Å². The van der Waals surface area contributed by atoms with E-state index >= 15 is 0 Å². The van der Waals surface area contributed by atoms with E-state index in [0.29, 0.717) is 15.7 Å². The molecule has 0 unspecified atom stereocenters. The molecule has 0 saturated carbocycles. The smallest absolute Gasteiger partial charge is 0.269 e. The Morgan fingerprint density at radius 1 is 1.29 bits per heavy atom. The molecule has 0 spiro atoms. The van der Waals surface area contributed by atoms with E-state index < -0.39 is 6.04 Å². The molecule has 1 atom stereocenters. The number of hydrogen-bond donors (Lipinski definition) is 1. The van der Waals surface area contributed by atoms with Crippen molar-refractivity contribution in [3.8, 4) is 0 Å². The van der Waals surface area contributed by atoms with Gasteiger partial charge in [0.05, 0.1) is 16.9 Å². The lowest BCUT2D eigenvalue weighted by Gasteiger charge is -2.11. The van der Waals surface area contributed by atoms with E-state index in [2.05, 4.69) is 11.9 Å². The van der Waals surface area contributed by atoms with Gasteiger partial charge in [-0.25, -0.2) is 9.13 Å². The number of nitrogens with one attached hydrogen (secondary N) is 1. The fourth-order valence-electron chi connectivity index (χ4n) is 2.57. The number of halogens is 2. The van der Waals surface area contributed by atoms with E-state index in [1.54, 1.807) is 24.4 Å². The van der Waals surface area contributed by atoms with Gasteiger partial charge >= 0.3 is 0 Å². The first-order valence-electron chi connectivity index (χ1n) is 7.40. The molecular formula is C18H16Cl2N3O+. The van der Waals surface area contributed by atoms with Crippen molar-refractivity contribution >= 4 is 52.0 Å². The Hall–Kier alpha value is -2.30. The third-order valence-electron chi connectivity index (χ3n) is 3.87. The normalized spacial score (nSPS) is 12.1. The van der Waals surface area contributed by atoms with Crippen molar-refractivity contribution in [3.05, 3.63) is 65.4 Å². The molecule has 1 aromatic heterocycles. The molecule has 1 heterocycles. The van der Waals surface area contributed by atoms with Crippen LogP contribution in [0.1, 0.15) is 13.0 Å². The number of benzene rings is 2. The molecule has 0 bridgehead atoms. The van der Waals surface area contributed by atoms with Crippen LogP contribution in [0.2, 0.25) is 10.0 Å².